The van der Waals surface area contributed by atoms with E-state index in [-0.39, 0.29) is 30.0 Å². The van der Waals surface area contributed by atoms with Crippen molar-refractivity contribution in [2.45, 2.75) is 20.4 Å². The van der Waals surface area contributed by atoms with E-state index < -0.39 is 0 Å². The van der Waals surface area contributed by atoms with Crippen LogP contribution in [0.25, 0.3) is 0 Å². The lowest BCUT2D eigenvalue weighted by molar-refractivity contribution is -0.136. The quantitative estimate of drug-likeness (QED) is 0.635. The first kappa shape index (κ1) is 19.1. The molecule has 1 heterocycles. The summed E-state index contributed by atoms with van der Waals surface area (Å²) in [5, 5.41) is 2.65. The van der Waals surface area contributed by atoms with Gasteiger partial charge in [0.25, 0.3) is 5.91 Å². The first-order chi connectivity index (χ1) is 11.0. The minimum absolute atomic E-state index is 0.0219. The number of ether oxygens (including phenoxy) is 2. The molecule has 1 rings (SSSR count). The summed E-state index contributed by atoms with van der Waals surface area (Å²) in [7, 11) is 3.13. The summed E-state index contributed by atoms with van der Waals surface area (Å²) in [6.07, 6.45) is 1.28. The van der Waals surface area contributed by atoms with Gasteiger partial charge in [-0.3, -0.25) is 9.59 Å². The Labute approximate surface area is 136 Å². The van der Waals surface area contributed by atoms with Gasteiger partial charge in [0.2, 0.25) is 11.8 Å². The number of nitrogens with zero attached hydrogens (tertiary/aromatic N) is 2. The van der Waals surface area contributed by atoms with Crippen LogP contribution in [0.3, 0.4) is 0 Å². The van der Waals surface area contributed by atoms with Gasteiger partial charge in [-0.25, -0.2) is 4.98 Å². The Morgan fingerprint density at radius 2 is 2.00 bits per heavy atom. The third kappa shape index (κ3) is 6.37. The van der Waals surface area contributed by atoms with E-state index in [4.69, 9.17) is 13.9 Å². The SMILES string of the molecule is COCCNC(=O)c1coc(CN(CCOC)C(=O)C(C)C)n1. The maximum Gasteiger partial charge on any atom is 0.273 e. The highest BCUT2D eigenvalue weighted by Crippen LogP contribution is 2.09. The first-order valence-corrected chi connectivity index (χ1v) is 7.48. The molecule has 0 unspecified atom stereocenters. The van der Waals surface area contributed by atoms with Crippen molar-refractivity contribution >= 4 is 11.8 Å². The van der Waals surface area contributed by atoms with E-state index in [1.165, 1.54) is 6.26 Å². The molecule has 23 heavy (non-hydrogen) atoms. The van der Waals surface area contributed by atoms with E-state index in [1.807, 2.05) is 13.8 Å². The van der Waals surface area contributed by atoms with E-state index in [0.29, 0.717) is 32.2 Å². The van der Waals surface area contributed by atoms with E-state index in [0.717, 1.165) is 0 Å². The molecule has 0 aliphatic heterocycles. The van der Waals surface area contributed by atoms with E-state index in [1.54, 1.807) is 19.1 Å². The molecule has 0 saturated carbocycles. The molecule has 8 heteroatoms. The van der Waals surface area contributed by atoms with Crippen molar-refractivity contribution in [1.82, 2.24) is 15.2 Å². The molecule has 0 bridgehead atoms. The summed E-state index contributed by atoms with van der Waals surface area (Å²) in [6, 6.07) is 0. The molecule has 1 N–H and O–H groups in total. The van der Waals surface area contributed by atoms with Gasteiger partial charge in [-0.05, 0) is 0 Å². The molecule has 1 aromatic heterocycles. The van der Waals surface area contributed by atoms with Gasteiger partial charge in [-0.1, -0.05) is 13.8 Å². The molecule has 1 aromatic rings. The van der Waals surface area contributed by atoms with E-state index >= 15 is 0 Å². The summed E-state index contributed by atoms with van der Waals surface area (Å²) in [4.78, 5) is 29.7. The highest BCUT2D eigenvalue weighted by molar-refractivity contribution is 5.91. The molecular formula is C15H25N3O5. The number of hydrogen-bond donors (Lipinski definition) is 1. The predicted molar refractivity (Wildman–Crippen MR) is 82.8 cm³/mol. The molecule has 0 aliphatic rings. The molecule has 0 aromatic carbocycles. The van der Waals surface area contributed by atoms with Crippen molar-refractivity contribution in [3.63, 3.8) is 0 Å². The summed E-state index contributed by atoms with van der Waals surface area (Å²) in [5.41, 5.74) is 0.180. The number of oxazole rings is 1. The molecule has 0 fully saturated rings. The van der Waals surface area contributed by atoms with Crippen molar-refractivity contribution in [3.05, 3.63) is 17.8 Å². The standard InChI is InChI=1S/C15H25N3O5/c1-11(2)15(20)18(6-8-22-4)9-13-17-12(10-23-13)14(19)16-5-7-21-3/h10-11H,5-9H2,1-4H3,(H,16,19). The number of methoxy groups -OCH3 is 2. The third-order valence-corrected chi connectivity index (χ3v) is 3.07. The molecular weight excluding hydrogens is 302 g/mol. The maximum atomic E-state index is 12.2. The Morgan fingerprint density at radius 1 is 1.30 bits per heavy atom. The molecule has 0 atom stereocenters. The lowest BCUT2D eigenvalue weighted by Crippen LogP contribution is -2.36. The van der Waals surface area contributed by atoms with Gasteiger partial charge >= 0.3 is 0 Å². The number of amides is 2. The van der Waals surface area contributed by atoms with Crippen molar-refractivity contribution in [3.8, 4) is 0 Å². The summed E-state index contributed by atoms with van der Waals surface area (Å²) >= 11 is 0. The van der Waals surface area contributed by atoms with Crippen LogP contribution in [0.15, 0.2) is 10.7 Å². The van der Waals surface area contributed by atoms with Crippen LogP contribution in [0.1, 0.15) is 30.2 Å². The normalized spacial score (nSPS) is 10.8. The number of rotatable bonds is 10. The van der Waals surface area contributed by atoms with Crippen LogP contribution in [0.2, 0.25) is 0 Å². The van der Waals surface area contributed by atoms with Gasteiger partial charge in [0, 0.05) is 33.2 Å². The summed E-state index contributed by atoms with van der Waals surface area (Å²) in [5.74, 6) is -0.187. The fourth-order valence-corrected chi connectivity index (χ4v) is 1.84. The molecule has 0 spiro atoms. The van der Waals surface area contributed by atoms with Gasteiger partial charge in [0.15, 0.2) is 5.69 Å². The Hall–Kier alpha value is -1.93. The van der Waals surface area contributed by atoms with E-state index in [2.05, 4.69) is 10.3 Å². The van der Waals surface area contributed by atoms with E-state index in [9.17, 15) is 9.59 Å². The number of carbonyl (C=O) groups is 2. The number of aromatic nitrogens is 1. The highest BCUT2D eigenvalue weighted by atomic mass is 16.5. The zero-order valence-electron chi connectivity index (χ0n) is 14.1. The zero-order valence-corrected chi connectivity index (χ0v) is 14.1. The van der Waals surface area contributed by atoms with Gasteiger partial charge in [0.1, 0.15) is 6.26 Å². The molecule has 0 radical (unpaired) electrons. The van der Waals surface area contributed by atoms with Crippen molar-refractivity contribution in [2.75, 3.05) is 40.5 Å². The fourth-order valence-electron chi connectivity index (χ4n) is 1.84. The van der Waals surface area contributed by atoms with Crippen LogP contribution in [0.4, 0.5) is 0 Å². The van der Waals surface area contributed by atoms with Gasteiger partial charge < -0.3 is 24.1 Å². The summed E-state index contributed by atoms with van der Waals surface area (Å²) < 4.78 is 15.2. The van der Waals surface area contributed by atoms with Crippen molar-refractivity contribution in [2.24, 2.45) is 5.92 Å². The summed E-state index contributed by atoms with van der Waals surface area (Å²) in [6.45, 7) is 5.52. The largest absolute Gasteiger partial charge is 0.446 e. The van der Waals surface area contributed by atoms with Crippen LogP contribution in [0, 0.1) is 5.92 Å². The second kappa shape index (κ2) is 9.96. The molecule has 2 amide bonds. The third-order valence-electron chi connectivity index (χ3n) is 3.07. The minimum atomic E-state index is -0.337. The first-order valence-electron chi connectivity index (χ1n) is 7.48. The van der Waals surface area contributed by atoms with Crippen LogP contribution in [-0.4, -0.2) is 62.2 Å². The molecule has 130 valence electrons. The van der Waals surface area contributed by atoms with Gasteiger partial charge in [-0.2, -0.15) is 0 Å². The number of hydrogen-bond acceptors (Lipinski definition) is 6. The average molecular weight is 327 g/mol. The monoisotopic (exact) mass is 327 g/mol. The average Bonchev–Trinajstić information content (AvgIpc) is 2.99. The van der Waals surface area contributed by atoms with Gasteiger partial charge in [0.05, 0.1) is 19.8 Å². The van der Waals surface area contributed by atoms with Crippen molar-refractivity contribution < 1.29 is 23.5 Å². The molecule has 0 aliphatic carbocycles. The Kier molecular flexibility index (Phi) is 8.28. The van der Waals surface area contributed by atoms with Crippen LogP contribution in [-0.2, 0) is 20.8 Å². The fraction of sp³-hybridized carbons (Fsp3) is 0.667. The predicted octanol–water partition coefficient (Wildman–Crippen LogP) is 0.682. The lowest BCUT2D eigenvalue weighted by Gasteiger charge is -2.22. The Bertz CT molecular complexity index is 501. The van der Waals surface area contributed by atoms with Crippen molar-refractivity contribution in [1.29, 1.82) is 0 Å². The van der Waals surface area contributed by atoms with Crippen LogP contribution >= 0.6 is 0 Å². The Balaban J connectivity index is 2.66. The smallest absolute Gasteiger partial charge is 0.273 e. The highest BCUT2D eigenvalue weighted by Gasteiger charge is 2.20. The maximum absolute atomic E-state index is 12.2. The second-order valence-electron chi connectivity index (χ2n) is 5.28. The minimum Gasteiger partial charge on any atom is -0.446 e. The zero-order chi connectivity index (χ0) is 17.2. The van der Waals surface area contributed by atoms with Crippen LogP contribution in [0.5, 0.6) is 0 Å². The molecule has 8 nitrogen and oxygen atoms in total. The Morgan fingerprint density at radius 3 is 2.61 bits per heavy atom. The van der Waals surface area contributed by atoms with Gasteiger partial charge in [-0.15, -0.1) is 0 Å². The van der Waals surface area contributed by atoms with Crippen LogP contribution < -0.4 is 5.32 Å². The lowest BCUT2D eigenvalue weighted by atomic mass is 10.2. The second-order valence-corrected chi connectivity index (χ2v) is 5.28. The number of nitrogens with one attached hydrogen (secondary N) is 1. The molecule has 0 saturated heterocycles. The number of carbonyl (C=O) groups excluding carboxylic acids is 2. The topological polar surface area (TPSA) is 93.9 Å².